The van der Waals surface area contributed by atoms with E-state index in [9.17, 15) is 14.4 Å². The molecular weight excluding hydrogens is 348 g/mol. The van der Waals surface area contributed by atoms with Crippen LogP contribution < -0.4 is 0 Å². The Morgan fingerprint density at radius 1 is 1.19 bits per heavy atom. The molecule has 2 heterocycles. The topological polar surface area (TPSA) is 57.7 Å². The number of aryl methyl sites for hydroxylation is 1. The van der Waals surface area contributed by atoms with Crippen molar-refractivity contribution in [2.75, 3.05) is 13.6 Å². The van der Waals surface area contributed by atoms with Crippen LogP contribution in [0.1, 0.15) is 57.0 Å². The van der Waals surface area contributed by atoms with Gasteiger partial charge in [0.05, 0.1) is 17.2 Å². The van der Waals surface area contributed by atoms with Crippen LogP contribution in [0.3, 0.4) is 0 Å². The molecule has 0 fully saturated rings. The minimum Gasteiger partial charge on any atom is -0.338 e. The maximum absolute atomic E-state index is 12.4. The van der Waals surface area contributed by atoms with E-state index in [1.165, 1.54) is 4.90 Å². The zero-order valence-corrected chi connectivity index (χ0v) is 16.0. The summed E-state index contributed by atoms with van der Waals surface area (Å²) in [6, 6.07) is 9.28. The third-order valence-electron chi connectivity index (χ3n) is 4.83. The molecule has 1 aliphatic rings. The first-order valence-electron chi connectivity index (χ1n) is 8.66. The van der Waals surface area contributed by atoms with E-state index < -0.39 is 0 Å². The van der Waals surface area contributed by atoms with E-state index in [0.717, 1.165) is 10.4 Å². The van der Waals surface area contributed by atoms with Crippen molar-refractivity contribution in [3.8, 4) is 0 Å². The number of thiophene rings is 1. The molecular formula is C20H22N2O3S. The van der Waals surface area contributed by atoms with E-state index in [4.69, 9.17) is 0 Å². The van der Waals surface area contributed by atoms with Crippen molar-refractivity contribution >= 4 is 29.1 Å². The second-order valence-corrected chi connectivity index (χ2v) is 7.59. The smallest absolute Gasteiger partial charge is 0.261 e. The molecule has 0 radical (unpaired) electrons. The summed E-state index contributed by atoms with van der Waals surface area (Å²) in [6.45, 7) is 4.15. The predicted octanol–water partition coefficient (Wildman–Crippen LogP) is 3.65. The highest BCUT2D eigenvalue weighted by atomic mass is 32.1. The first-order chi connectivity index (χ1) is 12.4. The normalized spacial score (nSPS) is 14.5. The fraction of sp³-hybridized carbons (Fsp3) is 0.350. The quantitative estimate of drug-likeness (QED) is 0.729. The number of nitrogens with zero attached hydrogens (tertiary/aromatic N) is 2. The van der Waals surface area contributed by atoms with Gasteiger partial charge in [-0.15, -0.1) is 11.3 Å². The number of benzene rings is 1. The van der Waals surface area contributed by atoms with Crippen LogP contribution in [0.5, 0.6) is 0 Å². The van der Waals surface area contributed by atoms with Crippen LogP contribution in [0, 0.1) is 6.92 Å². The van der Waals surface area contributed by atoms with Crippen molar-refractivity contribution in [3.63, 3.8) is 0 Å². The molecule has 0 saturated carbocycles. The molecule has 1 aromatic heterocycles. The van der Waals surface area contributed by atoms with Gasteiger partial charge in [0.15, 0.2) is 0 Å². The molecule has 6 heteroatoms. The van der Waals surface area contributed by atoms with Crippen LogP contribution >= 0.6 is 11.3 Å². The van der Waals surface area contributed by atoms with E-state index in [-0.39, 0.29) is 30.3 Å². The Labute approximate surface area is 157 Å². The fourth-order valence-electron chi connectivity index (χ4n) is 3.11. The van der Waals surface area contributed by atoms with Crippen LogP contribution in [-0.4, -0.2) is 41.1 Å². The first kappa shape index (κ1) is 18.3. The zero-order valence-electron chi connectivity index (χ0n) is 15.2. The van der Waals surface area contributed by atoms with Gasteiger partial charge in [0.25, 0.3) is 11.8 Å². The van der Waals surface area contributed by atoms with Gasteiger partial charge in [-0.25, -0.2) is 0 Å². The van der Waals surface area contributed by atoms with E-state index in [2.05, 4.69) is 0 Å². The van der Waals surface area contributed by atoms with Crippen molar-refractivity contribution in [2.45, 2.75) is 32.7 Å². The largest absolute Gasteiger partial charge is 0.338 e. The van der Waals surface area contributed by atoms with Crippen LogP contribution in [-0.2, 0) is 4.79 Å². The van der Waals surface area contributed by atoms with Crippen molar-refractivity contribution in [1.29, 1.82) is 0 Å². The summed E-state index contributed by atoms with van der Waals surface area (Å²) in [4.78, 5) is 41.4. The summed E-state index contributed by atoms with van der Waals surface area (Å²) >= 11 is 1.62. The number of imide groups is 1. The van der Waals surface area contributed by atoms with Gasteiger partial charge in [-0.1, -0.05) is 17.7 Å². The van der Waals surface area contributed by atoms with Crippen molar-refractivity contribution < 1.29 is 14.4 Å². The van der Waals surface area contributed by atoms with Crippen LogP contribution in [0.25, 0.3) is 0 Å². The predicted molar refractivity (Wildman–Crippen MR) is 101 cm³/mol. The lowest BCUT2D eigenvalue weighted by atomic mass is 10.1. The molecule has 3 rings (SSSR count). The molecule has 0 spiro atoms. The molecule has 5 nitrogen and oxygen atoms in total. The SMILES string of the molecule is Cc1ccc2c(c1)C(=O)N(CCCC(=O)N(C)[C@@H](C)c1cccs1)C2=O. The third kappa shape index (κ3) is 3.42. The molecule has 1 aliphatic heterocycles. The van der Waals surface area contributed by atoms with Gasteiger partial charge in [0.2, 0.25) is 5.91 Å². The van der Waals surface area contributed by atoms with Gasteiger partial charge in [-0.3, -0.25) is 19.3 Å². The Morgan fingerprint density at radius 2 is 1.92 bits per heavy atom. The third-order valence-corrected chi connectivity index (χ3v) is 5.87. The van der Waals surface area contributed by atoms with E-state index in [0.29, 0.717) is 24.0 Å². The lowest BCUT2D eigenvalue weighted by molar-refractivity contribution is -0.131. The standard InChI is InChI=1S/C20H22N2O3S/c1-13-8-9-15-16(12-13)20(25)22(19(15)24)10-4-7-18(23)21(3)14(2)17-6-5-11-26-17/h5-6,8-9,11-12,14H,4,7,10H2,1-3H3/t14-/m0/s1. The fourth-order valence-corrected chi connectivity index (χ4v) is 3.93. The summed E-state index contributed by atoms with van der Waals surface area (Å²) < 4.78 is 0. The second kappa shape index (κ2) is 7.41. The number of carbonyl (C=O) groups excluding carboxylic acids is 3. The van der Waals surface area contributed by atoms with Gasteiger partial charge < -0.3 is 4.90 Å². The molecule has 136 valence electrons. The van der Waals surface area contributed by atoms with E-state index in [1.54, 1.807) is 35.4 Å². The average molecular weight is 370 g/mol. The average Bonchev–Trinajstić information content (AvgIpc) is 3.23. The maximum Gasteiger partial charge on any atom is 0.261 e. The molecule has 0 bridgehead atoms. The summed E-state index contributed by atoms with van der Waals surface area (Å²) in [6.07, 6.45) is 0.767. The molecule has 0 unspecified atom stereocenters. The van der Waals surface area contributed by atoms with Crippen LogP contribution in [0.2, 0.25) is 0 Å². The Balaban J connectivity index is 1.56. The number of hydrogen-bond acceptors (Lipinski definition) is 4. The number of rotatable bonds is 6. The molecule has 0 saturated heterocycles. The van der Waals surface area contributed by atoms with Gasteiger partial charge in [-0.05, 0) is 43.8 Å². The maximum atomic E-state index is 12.4. The van der Waals surface area contributed by atoms with Crippen LogP contribution in [0.15, 0.2) is 35.7 Å². The van der Waals surface area contributed by atoms with Crippen molar-refractivity contribution in [1.82, 2.24) is 9.80 Å². The van der Waals surface area contributed by atoms with Gasteiger partial charge in [-0.2, -0.15) is 0 Å². The Hall–Kier alpha value is -2.47. The number of hydrogen-bond donors (Lipinski definition) is 0. The van der Waals surface area contributed by atoms with E-state index >= 15 is 0 Å². The molecule has 0 N–H and O–H groups in total. The van der Waals surface area contributed by atoms with Gasteiger partial charge in [0.1, 0.15) is 0 Å². The first-order valence-corrected chi connectivity index (χ1v) is 9.54. The highest BCUT2D eigenvalue weighted by Crippen LogP contribution is 2.26. The molecule has 26 heavy (non-hydrogen) atoms. The highest BCUT2D eigenvalue weighted by Gasteiger charge is 2.35. The minimum atomic E-state index is -0.266. The molecule has 1 atom stereocenters. The summed E-state index contributed by atoms with van der Waals surface area (Å²) in [5.74, 6) is -0.516. The summed E-state index contributed by atoms with van der Waals surface area (Å²) in [5, 5.41) is 1.99. The number of amides is 3. The van der Waals surface area contributed by atoms with Gasteiger partial charge in [0, 0.05) is 24.9 Å². The summed E-state index contributed by atoms with van der Waals surface area (Å²) in [5.41, 5.74) is 1.87. The Morgan fingerprint density at radius 3 is 2.62 bits per heavy atom. The zero-order chi connectivity index (χ0) is 18.8. The Kier molecular flexibility index (Phi) is 5.23. The molecule has 1 aromatic carbocycles. The van der Waals surface area contributed by atoms with Crippen LogP contribution in [0.4, 0.5) is 0 Å². The lowest BCUT2D eigenvalue weighted by Crippen LogP contribution is -2.33. The monoisotopic (exact) mass is 370 g/mol. The molecule has 0 aliphatic carbocycles. The molecule has 2 aromatic rings. The number of carbonyl (C=O) groups is 3. The minimum absolute atomic E-state index is 0.0124. The molecule has 3 amide bonds. The highest BCUT2D eigenvalue weighted by molar-refractivity contribution is 7.10. The Bertz CT molecular complexity index is 845. The van der Waals surface area contributed by atoms with E-state index in [1.807, 2.05) is 37.4 Å². The summed E-state index contributed by atoms with van der Waals surface area (Å²) in [7, 11) is 1.79. The van der Waals surface area contributed by atoms with Crippen molar-refractivity contribution in [3.05, 3.63) is 57.3 Å². The second-order valence-electron chi connectivity index (χ2n) is 6.61. The lowest BCUT2D eigenvalue weighted by Gasteiger charge is -2.24. The van der Waals surface area contributed by atoms with Crippen molar-refractivity contribution in [2.24, 2.45) is 0 Å². The number of fused-ring (bicyclic) bond motifs is 1. The van der Waals surface area contributed by atoms with Gasteiger partial charge >= 0.3 is 0 Å².